The van der Waals surface area contributed by atoms with Crippen molar-refractivity contribution in [2.45, 2.75) is 13.0 Å². The molecule has 130 valence electrons. The third kappa shape index (κ3) is 4.15. The lowest BCUT2D eigenvalue weighted by atomic mass is 10.2. The first-order valence-corrected chi connectivity index (χ1v) is 7.52. The smallest absolute Gasteiger partial charge is 0.234 e. The van der Waals surface area contributed by atoms with E-state index in [9.17, 15) is 8.78 Å². The first-order valence-electron chi connectivity index (χ1n) is 7.15. The van der Waals surface area contributed by atoms with Crippen molar-refractivity contribution in [2.75, 3.05) is 10.6 Å². The molecule has 25 heavy (non-hydrogen) atoms. The normalized spacial score (nSPS) is 12.0. The highest BCUT2D eigenvalue weighted by molar-refractivity contribution is 6.28. The Morgan fingerprint density at radius 2 is 1.92 bits per heavy atom. The number of nitrogens with zero attached hydrogens (tertiary/aromatic N) is 6. The average molecular weight is 367 g/mol. The minimum atomic E-state index is -0.771. The van der Waals surface area contributed by atoms with E-state index in [1.807, 2.05) is 7.05 Å². The summed E-state index contributed by atoms with van der Waals surface area (Å²) in [7, 11) is 1.82. The van der Waals surface area contributed by atoms with Crippen LogP contribution in [0.3, 0.4) is 0 Å². The van der Waals surface area contributed by atoms with Gasteiger partial charge in [-0.1, -0.05) is 0 Å². The van der Waals surface area contributed by atoms with Gasteiger partial charge < -0.3 is 15.2 Å². The third-order valence-corrected chi connectivity index (χ3v) is 3.31. The molecule has 0 spiro atoms. The molecule has 11 heteroatoms. The molecule has 0 radical (unpaired) electrons. The molecule has 0 aliphatic carbocycles. The van der Waals surface area contributed by atoms with Gasteiger partial charge in [-0.15, -0.1) is 0 Å². The number of aromatic nitrogens is 6. The number of hydrogen-bond donors (Lipinski definition) is 2. The van der Waals surface area contributed by atoms with E-state index in [1.165, 1.54) is 0 Å². The van der Waals surface area contributed by atoms with Crippen molar-refractivity contribution in [2.24, 2.45) is 7.05 Å². The summed E-state index contributed by atoms with van der Waals surface area (Å²) in [4.78, 5) is 19.9. The van der Waals surface area contributed by atoms with Crippen molar-refractivity contribution in [3.63, 3.8) is 0 Å². The van der Waals surface area contributed by atoms with Gasteiger partial charge in [0.25, 0.3) is 0 Å². The maximum atomic E-state index is 13.8. The Labute approximate surface area is 146 Å². The van der Waals surface area contributed by atoms with Crippen molar-refractivity contribution < 1.29 is 8.78 Å². The standard InChI is InChI=1S/C14H13ClF2N8/c1-7(11-9(17)3-8(16)4-18-11)20-13-22-12(15)23-14(24-13)21-10-5-25(2)6-19-10/h3-7H,1-2H3,(H2,20,21,22,23,24)/t7-/m0/s1. The molecule has 0 fully saturated rings. The summed E-state index contributed by atoms with van der Waals surface area (Å²) in [6, 6.07) is 0.136. The Kier molecular flexibility index (Phi) is 4.70. The summed E-state index contributed by atoms with van der Waals surface area (Å²) < 4.78 is 28.5. The molecular formula is C14H13ClF2N8. The molecule has 0 amide bonds. The lowest BCUT2D eigenvalue weighted by Gasteiger charge is -2.14. The average Bonchev–Trinajstić information content (AvgIpc) is 2.91. The number of pyridine rings is 1. The highest BCUT2D eigenvalue weighted by atomic mass is 35.5. The van der Waals surface area contributed by atoms with Crippen LogP contribution < -0.4 is 10.6 Å². The molecule has 0 bridgehead atoms. The lowest BCUT2D eigenvalue weighted by molar-refractivity contribution is 0.549. The van der Waals surface area contributed by atoms with Gasteiger partial charge in [-0.2, -0.15) is 15.0 Å². The van der Waals surface area contributed by atoms with E-state index in [2.05, 4.69) is 35.6 Å². The molecule has 3 heterocycles. The number of aryl methyl sites for hydroxylation is 1. The maximum absolute atomic E-state index is 13.8. The Bertz CT molecular complexity index is 900. The molecule has 0 aliphatic heterocycles. The first kappa shape index (κ1) is 17.0. The van der Waals surface area contributed by atoms with Gasteiger partial charge >= 0.3 is 0 Å². The van der Waals surface area contributed by atoms with Crippen molar-refractivity contribution in [1.29, 1.82) is 0 Å². The predicted octanol–water partition coefficient (Wildman–Crippen LogP) is 2.85. The van der Waals surface area contributed by atoms with Gasteiger partial charge in [-0.05, 0) is 18.5 Å². The van der Waals surface area contributed by atoms with Crippen molar-refractivity contribution in [3.8, 4) is 0 Å². The van der Waals surface area contributed by atoms with E-state index >= 15 is 0 Å². The maximum Gasteiger partial charge on any atom is 0.234 e. The van der Waals surface area contributed by atoms with Crippen molar-refractivity contribution >= 4 is 29.3 Å². The molecule has 3 aromatic heterocycles. The summed E-state index contributed by atoms with van der Waals surface area (Å²) in [5, 5.41) is 5.67. The summed E-state index contributed by atoms with van der Waals surface area (Å²) in [5.41, 5.74) is 0.0252. The number of imidazole rings is 1. The van der Waals surface area contributed by atoms with E-state index in [-0.39, 0.29) is 22.9 Å². The van der Waals surface area contributed by atoms with Crippen LogP contribution in [0.15, 0.2) is 24.8 Å². The Hall–Kier alpha value is -2.88. The first-order chi connectivity index (χ1) is 11.9. The van der Waals surface area contributed by atoms with Crippen LogP contribution in [0.5, 0.6) is 0 Å². The lowest BCUT2D eigenvalue weighted by Crippen LogP contribution is -2.14. The van der Waals surface area contributed by atoms with Gasteiger partial charge in [0.1, 0.15) is 11.6 Å². The molecule has 1 atom stereocenters. The van der Waals surface area contributed by atoms with Crippen LogP contribution in [0.2, 0.25) is 5.28 Å². The number of halogens is 3. The van der Waals surface area contributed by atoms with Gasteiger partial charge in [-0.25, -0.2) is 13.8 Å². The van der Waals surface area contributed by atoms with Crippen molar-refractivity contribution in [1.82, 2.24) is 29.5 Å². The minimum Gasteiger partial charge on any atom is -0.346 e. The molecule has 0 aliphatic rings. The fourth-order valence-corrected chi connectivity index (χ4v) is 2.23. The van der Waals surface area contributed by atoms with Crippen LogP contribution in [0.25, 0.3) is 0 Å². The summed E-state index contributed by atoms with van der Waals surface area (Å²) in [6.45, 7) is 1.63. The van der Waals surface area contributed by atoms with Crippen LogP contribution in [0, 0.1) is 11.6 Å². The minimum absolute atomic E-state index is 0.0252. The van der Waals surface area contributed by atoms with Gasteiger partial charge in [-0.3, -0.25) is 4.98 Å². The summed E-state index contributed by atoms with van der Waals surface area (Å²) in [6.07, 6.45) is 4.27. The SMILES string of the molecule is C[C@H](Nc1nc(Cl)nc(Nc2cn(C)cn2)n1)c1ncc(F)cc1F. The highest BCUT2D eigenvalue weighted by Gasteiger charge is 2.16. The Balaban J connectivity index is 1.80. The topological polar surface area (TPSA) is 93.4 Å². The van der Waals surface area contributed by atoms with E-state index in [4.69, 9.17) is 11.6 Å². The molecule has 8 nitrogen and oxygen atoms in total. The fraction of sp³-hybridized carbons (Fsp3) is 0.214. The zero-order valence-electron chi connectivity index (χ0n) is 13.2. The number of anilines is 3. The van der Waals surface area contributed by atoms with Crippen molar-refractivity contribution in [3.05, 3.63) is 47.4 Å². The van der Waals surface area contributed by atoms with Gasteiger partial charge in [0.15, 0.2) is 5.82 Å². The molecule has 0 unspecified atom stereocenters. The van der Waals surface area contributed by atoms with Crippen LogP contribution in [0.1, 0.15) is 18.7 Å². The molecular weight excluding hydrogens is 354 g/mol. The van der Waals surface area contributed by atoms with E-state index in [0.29, 0.717) is 5.82 Å². The second-order valence-electron chi connectivity index (χ2n) is 5.19. The molecule has 2 N–H and O–H groups in total. The molecule has 0 aromatic carbocycles. The second kappa shape index (κ2) is 6.93. The molecule has 0 saturated carbocycles. The zero-order chi connectivity index (χ0) is 18.0. The number of nitrogens with one attached hydrogen (secondary N) is 2. The molecule has 3 aromatic rings. The highest BCUT2D eigenvalue weighted by Crippen LogP contribution is 2.20. The molecule has 3 rings (SSSR count). The van der Waals surface area contributed by atoms with Gasteiger partial charge in [0, 0.05) is 19.3 Å². The third-order valence-electron chi connectivity index (χ3n) is 3.14. The quantitative estimate of drug-likeness (QED) is 0.717. The summed E-state index contributed by atoms with van der Waals surface area (Å²) >= 11 is 5.90. The van der Waals surface area contributed by atoms with E-state index in [0.717, 1.165) is 12.3 Å². The van der Waals surface area contributed by atoms with Crippen LogP contribution in [-0.4, -0.2) is 29.5 Å². The van der Waals surface area contributed by atoms with Gasteiger partial charge in [0.05, 0.1) is 24.3 Å². The summed E-state index contributed by atoms with van der Waals surface area (Å²) in [5.74, 6) is -0.724. The van der Waals surface area contributed by atoms with E-state index in [1.54, 1.807) is 24.0 Å². The monoisotopic (exact) mass is 366 g/mol. The number of rotatable bonds is 5. The van der Waals surface area contributed by atoms with Crippen LogP contribution >= 0.6 is 11.6 Å². The molecule has 0 saturated heterocycles. The van der Waals surface area contributed by atoms with Crippen LogP contribution in [0.4, 0.5) is 26.5 Å². The Morgan fingerprint density at radius 3 is 2.60 bits per heavy atom. The Morgan fingerprint density at radius 1 is 1.16 bits per heavy atom. The van der Waals surface area contributed by atoms with E-state index < -0.39 is 17.7 Å². The number of hydrogen-bond acceptors (Lipinski definition) is 7. The van der Waals surface area contributed by atoms with Crippen LogP contribution in [-0.2, 0) is 7.05 Å². The zero-order valence-corrected chi connectivity index (χ0v) is 14.0. The van der Waals surface area contributed by atoms with Gasteiger partial charge in [0.2, 0.25) is 17.2 Å². The predicted molar refractivity (Wildman–Crippen MR) is 87.5 cm³/mol. The second-order valence-corrected chi connectivity index (χ2v) is 5.53. The largest absolute Gasteiger partial charge is 0.346 e. The fourth-order valence-electron chi connectivity index (χ4n) is 2.07.